The molecule has 96 valence electrons. The van der Waals surface area contributed by atoms with Gasteiger partial charge in [0.15, 0.2) is 0 Å². The summed E-state index contributed by atoms with van der Waals surface area (Å²) in [5, 5.41) is 0. The van der Waals surface area contributed by atoms with E-state index in [0.717, 1.165) is 0 Å². The summed E-state index contributed by atoms with van der Waals surface area (Å²) in [4.78, 5) is 24.2. The van der Waals surface area contributed by atoms with Crippen LogP contribution < -0.4 is 0 Å². The summed E-state index contributed by atoms with van der Waals surface area (Å²) >= 11 is 0. The van der Waals surface area contributed by atoms with E-state index < -0.39 is 10.8 Å². The van der Waals surface area contributed by atoms with Crippen LogP contribution in [0.4, 0.5) is 0 Å². The molecule has 0 amide bonds. The van der Waals surface area contributed by atoms with Crippen LogP contribution >= 0.6 is 0 Å². The molecule has 2 rings (SSSR count). The van der Waals surface area contributed by atoms with Gasteiger partial charge in [-0.1, -0.05) is 13.8 Å². The monoisotopic (exact) mass is 238 g/mol. The number of carbonyl (C=O) groups is 2. The molecule has 2 aliphatic rings. The third-order valence-electron chi connectivity index (χ3n) is 5.76. The van der Waals surface area contributed by atoms with E-state index in [9.17, 15) is 9.59 Å². The molecule has 0 saturated carbocycles. The summed E-state index contributed by atoms with van der Waals surface area (Å²) < 4.78 is 6.01. The Morgan fingerprint density at radius 3 is 1.41 bits per heavy atom. The van der Waals surface area contributed by atoms with Gasteiger partial charge in [0.1, 0.15) is 11.6 Å². The number of hydrogen-bond acceptors (Lipinski definition) is 3. The van der Waals surface area contributed by atoms with Gasteiger partial charge in [-0.25, -0.2) is 0 Å². The quantitative estimate of drug-likeness (QED) is 0.741. The molecule has 2 aliphatic heterocycles. The average Bonchev–Trinajstić information content (AvgIpc) is 2.65. The molecule has 0 aromatic carbocycles. The van der Waals surface area contributed by atoms with Crippen molar-refractivity contribution in [2.45, 2.75) is 53.8 Å². The van der Waals surface area contributed by atoms with Crippen LogP contribution in [0.3, 0.4) is 0 Å². The summed E-state index contributed by atoms with van der Waals surface area (Å²) in [7, 11) is 0. The molecule has 0 aromatic heterocycles. The van der Waals surface area contributed by atoms with Gasteiger partial charge in [0, 0.05) is 0 Å². The van der Waals surface area contributed by atoms with E-state index in [1.807, 2.05) is 13.8 Å². The molecule has 0 aliphatic carbocycles. The molecule has 0 N–H and O–H groups in total. The number of hydrogen-bond donors (Lipinski definition) is 0. The second-order valence-electron chi connectivity index (χ2n) is 6.21. The fourth-order valence-corrected chi connectivity index (χ4v) is 4.00. The molecule has 17 heavy (non-hydrogen) atoms. The number of ketones is 2. The minimum Gasteiger partial charge on any atom is -0.372 e. The van der Waals surface area contributed by atoms with Gasteiger partial charge in [-0.3, -0.25) is 9.59 Å². The first-order chi connectivity index (χ1) is 7.69. The Morgan fingerprint density at radius 2 is 1.18 bits per heavy atom. The van der Waals surface area contributed by atoms with Crippen molar-refractivity contribution in [2.75, 3.05) is 0 Å². The molecule has 2 fully saturated rings. The number of fused-ring (bicyclic) bond motifs is 2. The number of ether oxygens (including phenoxy) is 1. The molecule has 0 aromatic rings. The number of carbonyl (C=O) groups excluding carboxylic acids is 2. The molecule has 2 heterocycles. The lowest BCUT2D eigenvalue weighted by molar-refractivity contribution is -0.148. The van der Waals surface area contributed by atoms with Crippen molar-refractivity contribution in [3.8, 4) is 0 Å². The van der Waals surface area contributed by atoms with E-state index in [-0.39, 0.29) is 23.8 Å². The van der Waals surface area contributed by atoms with E-state index in [1.54, 1.807) is 13.8 Å². The minimum atomic E-state index is -0.671. The van der Waals surface area contributed by atoms with Crippen LogP contribution in [0.5, 0.6) is 0 Å². The summed E-state index contributed by atoms with van der Waals surface area (Å²) in [6.45, 7) is 11.2. The first-order valence-electron chi connectivity index (χ1n) is 6.36. The van der Waals surface area contributed by atoms with Crippen molar-refractivity contribution in [3.05, 3.63) is 0 Å². The van der Waals surface area contributed by atoms with Gasteiger partial charge in [0.2, 0.25) is 0 Å². The summed E-state index contributed by atoms with van der Waals surface area (Å²) in [5.41, 5.74) is -1.34. The van der Waals surface area contributed by atoms with Crippen molar-refractivity contribution >= 4 is 11.6 Å². The first-order valence-corrected chi connectivity index (χ1v) is 6.36. The topological polar surface area (TPSA) is 43.4 Å². The maximum Gasteiger partial charge on any atom is 0.139 e. The number of Topliss-reactive ketones (excluding diaryl/α,β-unsaturated/α-hetero) is 2. The molecule has 6 unspecified atom stereocenters. The van der Waals surface area contributed by atoms with Crippen LogP contribution in [0, 0.1) is 22.7 Å². The summed E-state index contributed by atoms with van der Waals surface area (Å²) in [6.07, 6.45) is -0.234. The van der Waals surface area contributed by atoms with Crippen LogP contribution in [-0.2, 0) is 14.3 Å². The fraction of sp³-hybridized carbons (Fsp3) is 0.857. The van der Waals surface area contributed by atoms with Crippen molar-refractivity contribution in [2.24, 2.45) is 22.7 Å². The molecule has 6 atom stereocenters. The Labute approximate surface area is 103 Å². The van der Waals surface area contributed by atoms with Crippen LogP contribution in [0.25, 0.3) is 0 Å². The zero-order valence-electron chi connectivity index (χ0n) is 11.5. The van der Waals surface area contributed by atoms with Gasteiger partial charge in [0.25, 0.3) is 0 Å². The molecule has 2 saturated heterocycles. The lowest BCUT2D eigenvalue weighted by Crippen LogP contribution is -2.58. The van der Waals surface area contributed by atoms with E-state index in [2.05, 4.69) is 13.8 Å². The molecule has 2 bridgehead atoms. The summed E-state index contributed by atoms with van der Waals surface area (Å²) in [5.74, 6) is 0.811. The maximum absolute atomic E-state index is 12.1. The lowest BCUT2D eigenvalue weighted by atomic mass is 9.50. The normalized spacial score (nSPS) is 52.8. The number of rotatable bonds is 2. The average molecular weight is 238 g/mol. The van der Waals surface area contributed by atoms with Crippen molar-refractivity contribution < 1.29 is 14.3 Å². The van der Waals surface area contributed by atoms with Crippen molar-refractivity contribution in [1.29, 1.82) is 0 Å². The Balaban J connectivity index is 2.59. The molecule has 3 heteroatoms. The second-order valence-corrected chi connectivity index (χ2v) is 6.21. The van der Waals surface area contributed by atoms with Gasteiger partial charge in [-0.05, 0) is 39.5 Å². The summed E-state index contributed by atoms with van der Waals surface area (Å²) in [6, 6.07) is 0. The molecule has 0 spiro atoms. The Morgan fingerprint density at radius 1 is 0.882 bits per heavy atom. The lowest BCUT2D eigenvalue weighted by Gasteiger charge is -2.47. The molecular weight excluding hydrogens is 216 g/mol. The zero-order valence-corrected chi connectivity index (χ0v) is 11.5. The molecule has 0 radical (unpaired) electrons. The predicted octanol–water partition coefficient (Wildman–Crippen LogP) is 2.23. The minimum absolute atomic E-state index is 0.0708. The standard InChI is InChI=1S/C14H22O3/c1-7-8(2)12-14(6,10(4)16)13(5,9(3)15)11(7)17-12/h7-8,11-12H,1-6H3. The highest BCUT2D eigenvalue weighted by atomic mass is 16.5. The zero-order chi connectivity index (χ0) is 13.2. The maximum atomic E-state index is 12.1. The van der Waals surface area contributed by atoms with Crippen molar-refractivity contribution in [3.63, 3.8) is 0 Å². The van der Waals surface area contributed by atoms with E-state index in [0.29, 0.717) is 11.8 Å². The van der Waals surface area contributed by atoms with Gasteiger partial charge in [-0.15, -0.1) is 0 Å². The highest BCUT2D eigenvalue weighted by molar-refractivity contribution is 5.95. The third kappa shape index (κ3) is 1.16. The predicted molar refractivity (Wildman–Crippen MR) is 64.6 cm³/mol. The smallest absolute Gasteiger partial charge is 0.139 e. The highest BCUT2D eigenvalue weighted by Gasteiger charge is 2.72. The molecular formula is C14H22O3. The third-order valence-corrected chi connectivity index (χ3v) is 5.76. The van der Waals surface area contributed by atoms with Gasteiger partial charge in [-0.2, -0.15) is 0 Å². The van der Waals surface area contributed by atoms with Gasteiger partial charge < -0.3 is 4.74 Å². The van der Waals surface area contributed by atoms with E-state index >= 15 is 0 Å². The van der Waals surface area contributed by atoms with Gasteiger partial charge in [0.05, 0.1) is 23.0 Å². The highest BCUT2D eigenvalue weighted by Crippen LogP contribution is 2.63. The first kappa shape index (κ1) is 12.7. The second kappa shape index (κ2) is 3.41. The Bertz CT molecular complexity index is 353. The molecule has 3 nitrogen and oxygen atoms in total. The largest absolute Gasteiger partial charge is 0.372 e. The van der Waals surface area contributed by atoms with E-state index in [1.165, 1.54) is 0 Å². The van der Waals surface area contributed by atoms with Gasteiger partial charge >= 0.3 is 0 Å². The fourth-order valence-electron chi connectivity index (χ4n) is 4.00. The Hall–Kier alpha value is -0.700. The van der Waals surface area contributed by atoms with E-state index in [4.69, 9.17) is 4.74 Å². The van der Waals surface area contributed by atoms with Crippen LogP contribution in [0.2, 0.25) is 0 Å². The van der Waals surface area contributed by atoms with Crippen LogP contribution in [0.15, 0.2) is 0 Å². The van der Waals surface area contributed by atoms with Crippen LogP contribution in [-0.4, -0.2) is 23.8 Å². The Kier molecular flexibility index (Phi) is 2.56. The SMILES string of the molecule is CC(=O)C1(C)C2OC(C(C)C2C)C1(C)C(C)=O. The van der Waals surface area contributed by atoms with Crippen LogP contribution in [0.1, 0.15) is 41.5 Å². The van der Waals surface area contributed by atoms with Crippen molar-refractivity contribution in [1.82, 2.24) is 0 Å².